The second kappa shape index (κ2) is 10.1. The van der Waals surface area contributed by atoms with Crippen molar-refractivity contribution >= 4 is 11.6 Å². The lowest BCUT2D eigenvalue weighted by Crippen LogP contribution is -2.41. The maximum Gasteiger partial charge on any atom is 0.431 e. The summed E-state index contributed by atoms with van der Waals surface area (Å²) in [7, 11) is 0.852. The number of halogens is 5. The highest BCUT2D eigenvalue weighted by Crippen LogP contribution is 2.30. The van der Waals surface area contributed by atoms with Gasteiger partial charge < -0.3 is 4.74 Å². The molecule has 10 heteroatoms. The highest BCUT2D eigenvalue weighted by atomic mass is 35.5. The van der Waals surface area contributed by atoms with Crippen LogP contribution in [-0.2, 0) is 13.2 Å². The Hall–Kier alpha value is -2.29. The highest BCUT2D eigenvalue weighted by Gasteiger charge is 2.35. The zero-order valence-corrected chi connectivity index (χ0v) is 17.4. The van der Waals surface area contributed by atoms with E-state index in [0.717, 1.165) is 57.7 Å². The van der Waals surface area contributed by atoms with Gasteiger partial charge in [0.05, 0.1) is 17.3 Å². The first-order valence-corrected chi connectivity index (χ1v) is 9.98. The number of benzene rings is 1. The SMILES string of the molecule is CCCCCCCCOc1cc(-n2c(=O)cc(C(F)(F)F)n(C)c2=O)c(F)cc1Cl. The van der Waals surface area contributed by atoms with Gasteiger partial charge in [0, 0.05) is 19.2 Å². The van der Waals surface area contributed by atoms with Crippen molar-refractivity contribution in [1.29, 1.82) is 0 Å². The summed E-state index contributed by atoms with van der Waals surface area (Å²) in [6.45, 7) is 2.41. The Bertz CT molecular complexity index is 999. The van der Waals surface area contributed by atoms with Gasteiger partial charge in [-0.1, -0.05) is 50.6 Å². The van der Waals surface area contributed by atoms with Crippen molar-refractivity contribution in [3.63, 3.8) is 0 Å². The number of aromatic nitrogens is 2. The van der Waals surface area contributed by atoms with Crippen molar-refractivity contribution in [3.05, 3.63) is 55.6 Å². The van der Waals surface area contributed by atoms with E-state index in [1.807, 2.05) is 0 Å². The van der Waals surface area contributed by atoms with Crippen molar-refractivity contribution in [3.8, 4) is 11.4 Å². The first-order valence-electron chi connectivity index (χ1n) is 9.60. The number of unbranched alkanes of at least 4 members (excludes halogenated alkanes) is 5. The Morgan fingerprint density at radius 2 is 1.67 bits per heavy atom. The topological polar surface area (TPSA) is 53.2 Å². The molecule has 0 aliphatic rings. The molecule has 0 bridgehead atoms. The first-order chi connectivity index (χ1) is 14.1. The van der Waals surface area contributed by atoms with Crippen LogP contribution in [0.5, 0.6) is 5.75 Å². The highest BCUT2D eigenvalue weighted by molar-refractivity contribution is 6.32. The average Bonchev–Trinajstić information content (AvgIpc) is 2.66. The molecule has 2 aromatic rings. The van der Waals surface area contributed by atoms with E-state index in [-0.39, 0.29) is 28.0 Å². The number of nitrogens with zero attached hydrogens (tertiary/aromatic N) is 2. The summed E-state index contributed by atoms with van der Waals surface area (Å²) in [6, 6.07) is 2.15. The van der Waals surface area contributed by atoms with Crippen molar-refractivity contribution in [2.75, 3.05) is 6.61 Å². The number of ether oxygens (including phenoxy) is 1. The number of alkyl halides is 3. The van der Waals surface area contributed by atoms with Crippen molar-refractivity contribution < 1.29 is 22.3 Å². The van der Waals surface area contributed by atoms with Crippen LogP contribution in [0.15, 0.2) is 27.8 Å². The van der Waals surface area contributed by atoms with E-state index < -0.39 is 34.6 Å². The van der Waals surface area contributed by atoms with Gasteiger partial charge in [0.1, 0.15) is 17.3 Å². The summed E-state index contributed by atoms with van der Waals surface area (Å²) in [4.78, 5) is 24.6. The van der Waals surface area contributed by atoms with Crippen LogP contribution in [0.4, 0.5) is 17.6 Å². The van der Waals surface area contributed by atoms with Gasteiger partial charge in [-0.25, -0.2) is 13.8 Å². The Morgan fingerprint density at radius 1 is 1.03 bits per heavy atom. The molecule has 30 heavy (non-hydrogen) atoms. The number of hydrogen-bond acceptors (Lipinski definition) is 3. The molecular weight excluding hydrogens is 428 g/mol. The summed E-state index contributed by atoms with van der Waals surface area (Å²) in [6.07, 6.45) is 1.22. The zero-order chi connectivity index (χ0) is 22.5. The molecule has 0 radical (unpaired) electrons. The van der Waals surface area contributed by atoms with Crippen molar-refractivity contribution in [1.82, 2.24) is 9.13 Å². The molecule has 0 atom stereocenters. The molecule has 1 aromatic carbocycles. The predicted octanol–water partition coefficient (Wildman–Crippen LogP) is 5.09. The lowest BCUT2D eigenvalue weighted by molar-refractivity contribution is -0.144. The molecule has 0 fully saturated rings. The summed E-state index contributed by atoms with van der Waals surface area (Å²) < 4.78 is 59.5. The molecule has 1 aromatic heterocycles. The molecule has 0 spiro atoms. The van der Waals surface area contributed by atoms with E-state index in [4.69, 9.17) is 16.3 Å². The molecule has 0 saturated heterocycles. The largest absolute Gasteiger partial charge is 0.492 e. The van der Waals surface area contributed by atoms with E-state index in [2.05, 4.69) is 6.92 Å². The van der Waals surface area contributed by atoms with Gasteiger partial charge >= 0.3 is 11.9 Å². The van der Waals surface area contributed by atoms with E-state index in [0.29, 0.717) is 4.57 Å². The van der Waals surface area contributed by atoms with E-state index >= 15 is 0 Å². The average molecular weight is 451 g/mol. The van der Waals surface area contributed by atoms with Gasteiger partial charge in [-0.15, -0.1) is 0 Å². The van der Waals surface area contributed by atoms with Crippen molar-refractivity contribution in [2.24, 2.45) is 7.05 Å². The Kier molecular flexibility index (Phi) is 8.11. The standard InChI is InChI=1S/C20H23ClF4N2O3/c1-3-4-5-6-7-8-9-30-16-11-15(14(22)10-13(16)21)27-18(28)12-17(20(23,24)25)26(2)19(27)29/h10-12H,3-9H2,1-2H3. The minimum absolute atomic E-state index is 0.0375. The van der Waals surface area contributed by atoms with Gasteiger partial charge in [0.15, 0.2) is 0 Å². The molecule has 0 N–H and O–H groups in total. The molecule has 2 rings (SSSR count). The van der Waals surface area contributed by atoms with Gasteiger partial charge in [-0.2, -0.15) is 13.2 Å². The summed E-state index contributed by atoms with van der Waals surface area (Å²) >= 11 is 5.98. The summed E-state index contributed by atoms with van der Waals surface area (Å²) in [5.74, 6) is -0.999. The third kappa shape index (κ3) is 5.65. The maximum absolute atomic E-state index is 14.4. The maximum atomic E-state index is 14.4. The second-order valence-electron chi connectivity index (χ2n) is 6.89. The lowest BCUT2D eigenvalue weighted by Gasteiger charge is -2.15. The van der Waals surface area contributed by atoms with Crippen LogP contribution < -0.4 is 16.0 Å². The quantitative estimate of drug-likeness (QED) is 0.395. The van der Waals surface area contributed by atoms with Crippen molar-refractivity contribution in [2.45, 2.75) is 51.6 Å². The summed E-state index contributed by atoms with van der Waals surface area (Å²) in [5.41, 5.74) is -4.61. The molecule has 5 nitrogen and oxygen atoms in total. The second-order valence-corrected chi connectivity index (χ2v) is 7.30. The summed E-state index contributed by atoms with van der Waals surface area (Å²) in [5, 5.41) is -0.0704. The van der Waals surface area contributed by atoms with Crippen LogP contribution in [0.2, 0.25) is 5.02 Å². The van der Waals surface area contributed by atoms with Crippen LogP contribution in [0.3, 0.4) is 0 Å². The van der Waals surface area contributed by atoms with E-state index in [9.17, 15) is 27.2 Å². The Morgan fingerprint density at radius 3 is 2.30 bits per heavy atom. The number of rotatable bonds is 9. The minimum atomic E-state index is -4.91. The van der Waals surface area contributed by atoms with Gasteiger partial charge in [0.25, 0.3) is 5.56 Å². The molecule has 0 unspecified atom stereocenters. The van der Waals surface area contributed by atoms with Crippen LogP contribution in [0.1, 0.15) is 51.1 Å². The fourth-order valence-electron chi connectivity index (χ4n) is 2.98. The van der Waals surface area contributed by atoms with E-state index in [1.165, 1.54) is 0 Å². The molecule has 1 heterocycles. The van der Waals surface area contributed by atoms with Crippen LogP contribution in [0, 0.1) is 5.82 Å². The van der Waals surface area contributed by atoms with Crippen LogP contribution in [0.25, 0.3) is 5.69 Å². The minimum Gasteiger partial charge on any atom is -0.492 e. The third-order valence-electron chi connectivity index (χ3n) is 4.61. The first kappa shape index (κ1) is 24.0. The Labute approximate surface area is 175 Å². The van der Waals surface area contributed by atoms with Crippen LogP contribution >= 0.6 is 11.6 Å². The molecular formula is C20H23ClF4N2O3. The molecule has 166 valence electrons. The Balaban J connectivity index is 2.31. The lowest BCUT2D eigenvalue weighted by atomic mass is 10.1. The van der Waals surface area contributed by atoms with Crippen LogP contribution in [-0.4, -0.2) is 15.7 Å². The van der Waals surface area contributed by atoms with Gasteiger partial charge in [-0.3, -0.25) is 9.36 Å². The zero-order valence-electron chi connectivity index (χ0n) is 16.7. The molecule has 0 aliphatic carbocycles. The van der Waals surface area contributed by atoms with Gasteiger partial charge in [0.2, 0.25) is 0 Å². The fourth-order valence-corrected chi connectivity index (χ4v) is 3.19. The van der Waals surface area contributed by atoms with Gasteiger partial charge in [-0.05, 0) is 12.5 Å². The predicted molar refractivity (Wildman–Crippen MR) is 106 cm³/mol. The smallest absolute Gasteiger partial charge is 0.431 e. The number of hydrogen-bond donors (Lipinski definition) is 0. The molecule has 0 saturated carbocycles. The molecule has 0 aliphatic heterocycles. The van der Waals surface area contributed by atoms with E-state index in [1.54, 1.807) is 0 Å². The third-order valence-corrected chi connectivity index (χ3v) is 4.90. The fraction of sp³-hybridized carbons (Fsp3) is 0.500. The normalized spacial score (nSPS) is 11.7. The molecule has 0 amide bonds. The monoisotopic (exact) mass is 450 g/mol.